The summed E-state index contributed by atoms with van der Waals surface area (Å²) < 4.78 is 10.6. The van der Waals surface area contributed by atoms with Gasteiger partial charge in [0.15, 0.2) is 0 Å². The number of hydrogen-bond donors (Lipinski definition) is 4. The van der Waals surface area contributed by atoms with Crippen LogP contribution in [0.4, 0.5) is 4.79 Å². The van der Waals surface area contributed by atoms with Gasteiger partial charge in [-0.15, -0.1) is 11.3 Å². The third-order valence-electron chi connectivity index (χ3n) is 7.43. The van der Waals surface area contributed by atoms with Crippen molar-refractivity contribution in [3.05, 3.63) is 41.0 Å². The van der Waals surface area contributed by atoms with E-state index in [9.17, 15) is 24.3 Å². The fraction of sp³-hybridized carbons (Fsp3) is 0.606. The lowest BCUT2D eigenvalue weighted by atomic mass is 9.85. The number of aliphatic hydroxyl groups excluding tert-OH is 1. The van der Waals surface area contributed by atoms with Crippen LogP contribution in [0.5, 0.6) is 0 Å². The van der Waals surface area contributed by atoms with E-state index in [0.717, 1.165) is 21.7 Å². The Bertz CT molecular complexity index is 1350. The largest absolute Gasteiger partial charge is 0.444 e. The molecule has 2 heterocycles. The second-order valence-corrected chi connectivity index (χ2v) is 14.6. The van der Waals surface area contributed by atoms with E-state index < -0.39 is 47.1 Å². The van der Waals surface area contributed by atoms with Gasteiger partial charge in [0.2, 0.25) is 17.7 Å². The highest BCUT2D eigenvalue weighted by Crippen LogP contribution is 2.29. The number of hydrogen-bond acceptors (Lipinski definition) is 9. The second-order valence-electron chi connectivity index (χ2n) is 13.7. The molecular formula is C33H49N5O7S. The molecule has 0 saturated carbocycles. The first kappa shape index (κ1) is 36.9. The Morgan fingerprint density at radius 2 is 1.76 bits per heavy atom. The van der Waals surface area contributed by atoms with Crippen LogP contribution in [0.25, 0.3) is 10.4 Å². The first-order chi connectivity index (χ1) is 21.5. The molecule has 4 amide bonds. The molecule has 1 aromatic heterocycles. The summed E-state index contributed by atoms with van der Waals surface area (Å²) in [5, 5.41) is 18.9. The number of carbonyl (C=O) groups is 4. The van der Waals surface area contributed by atoms with Crippen LogP contribution in [0.15, 0.2) is 29.8 Å². The van der Waals surface area contributed by atoms with E-state index >= 15 is 0 Å². The molecule has 4 atom stereocenters. The molecular weight excluding hydrogens is 610 g/mol. The number of carbonyl (C=O) groups excluding carboxylic acids is 4. The van der Waals surface area contributed by atoms with E-state index in [0.29, 0.717) is 13.0 Å². The molecule has 12 nitrogen and oxygen atoms in total. The second kappa shape index (κ2) is 15.8. The summed E-state index contributed by atoms with van der Waals surface area (Å²) in [6.07, 6.45) is -0.836. The summed E-state index contributed by atoms with van der Waals surface area (Å²) in [6.45, 7) is 14.9. The maximum absolute atomic E-state index is 13.8. The van der Waals surface area contributed by atoms with Gasteiger partial charge in [-0.2, -0.15) is 0 Å². The van der Waals surface area contributed by atoms with Crippen LogP contribution in [-0.2, 0) is 23.9 Å². The molecule has 4 N–H and O–H groups in total. The maximum atomic E-state index is 13.8. The number of ether oxygens (including phenoxy) is 2. The van der Waals surface area contributed by atoms with Crippen molar-refractivity contribution in [2.45, 2.75) is 98.1 Å². The van der Waals surface area contributed by atoms with Gasteiger partial charge in [-0.1, -0.05) is 45.0 Å². The molecule has 2 aromatic rings. The monoisotopic (exact) mass is 659 g/mol. The number of likely N-dealkylation sites (tertiary alicyclic amines) is 1. The van der Waals surface area contributed by atoms with E-state index in [1.54, 1.807) is 32.1 Å². The van der Waals surface area contributed by atoms with Crippen LogP contribution in [0, 0.1) is 12.3 Å². The maximum Gasteiger partial charge on any atom is 0.407 e. The van der Waals surface area contributed by atoms with Crippen molar-refractivity contribution in [1.29, 1.82) is 0 Å². The summed E-state index contributed by atoms with van der Waals surface area (Å²) in [7, 11) is 0. The third kappa shape index (κ3) is 10.8. The van der Waals surface area contributed by atoms with Crippen LogP contribution in [0.2, 0.25) is 0 Å². The molecule has 0 unspecified atom stereocenters. The fourth-order valence-electron chi connectivity index (χ4n) is 5.06. The van der Waals surface area contributed by atoms with Crippen LogP contribution in [0.1, 0.15) is 78.6 Å². The van der Waals surface area contributed by atoms with Gasteiger partial charge in [-0.25, -0.2) is 9.78 Å². The predicted molar refractivity (Wildman–Crippen MR) is 176 cm³/mol. The van der Waals surface area contributed by atoms with Crippen LogP contribution in [-0.4, -0.2) is 88.9 Å². The number of aryl methyl sites for hydroxylation is 1. The van der Waals surface area contributed by atoms with Gasteiger partial charge in [0, 0.05) is 26.1 Å². The number of nitrogens with zero attached hydrogens (tertiary/aromatic N) is 2. The summed E-state index contributed by atoms with van der Waals surface area (Å²) >= 11 is 1.57. The molecule has 46 heavy (non-hydrogen) atoms. The predicted octanol–water partition coefficient (Wildman–Crippen LogP) is 3.72. The van der Waals surface area contributed by atoms with Crippen LogP contribution >= 0.6 is 11.3 Å². The molecule has 1 saturated heterocycles. The number of amides is 4. The Hall–Kier alpha value is -3.55. The summed E-state index contributed by atoms with van der Waals surface area (Å²) in [4.78, 5) is 58.6. The summed E-state index contributed by atoms with van der Waals surface area (Å²) in [5.41, 5.74) is 3.44. The SMILES string of the molecule is Cc1ncsc1-c1ccc([C@H](C)NC(=O)[C@@H]2C[C@@H](O)CN2C(=O)[C@@H](NC(=O)COCCCNC(=O)OC(C)(C)C)C(C)(C)C)cc1. The number of nitrogens with one attached hydrogen (secondary N) is 3. The average Bonchev–Trinajstić information content (AvgIpc) is 3.57. The van der Waals surface area contributed by atoms with Crippen molar-refractivity contribution in [1.82, 2.24) is 25.8 Å². The van der Waals surface area contributed by atoms with Gasteiger partial charge in [0.1, 0.15) is 24.3 Å². The molecule has 1 aliphatic heterocycles. The smallest absolute Gasteiger partial charge is 0.407 e. The lowest BCUT2D eigenvalue weighted by molar-refractivity contribution is -0.144. The van der Waals surface area contributed by atoms with Crippen molar-refractivity contribution in [3.8, 4) is 10.4 Å². The number of benzene rings is 1. The van der Waals surface area contributed by atoms with Crippen LogP contribution in [0.3, 0.4) is 0 Å². The first-order valence-corrected chi connectivity index (χ1v) is 16.5. The standard InChI is InChI=1S/C33H49N5O7S/c1-20(22-10-12-23(13-11-22)27-21(2)35-19-46-27)36-29(41)25-16-24(39)17-38(25)30(42)28(32(3,4)5)37-26(40)18-44-15-9-14-34-31(43)45-33(6,7)8/h10-13,19-20,24-25,28,39H,9,14-18H2,1-8H3,(H,34,43)(H,36,41)(H,37,40)/t20-,24+,25-,28+/m0/s1. The zero-order valence-electron chi connectivity index (χ0n) is 28.1. The van der Waals surface area contributed by atoms with Gasteiger partial charge in [-0.05, 0) is 57.6 Å². The van der Waals surface area contributed by atoms with E-state index in [1.807, 2.05) is 64.4 Å². The zero-order chi connectivity index (χ0) is 34.2. The van der Waals surface area contributed by atoms with E-state index in [1.165, 1.54) is 4.90 Å². The normalized spacial score (nSPS) is 18.1. The molecule has 1 aliphatic rings. The van der Waals surface area contributed by atoms with E-state index in [4.69, 9.17) is 9.47 Å². The number of aromatic nitrogens is 1. The number of alkyl carbamates (subject to hydrolysis) is 1. The van der Waals surface area contributed by atoms with Crippen molar-refractivity contribution >= 4 is 35.2 Å². The Labute approximate surface area is 275 Å². The summed E-state index contributed by atoms with van der Waals surface area (Å²) in [6, 6.07) is 5.71. The number of aliphatic hydroxyl groups is 1. The molecule has 254 valence electrons. The number of thiazole rings is 1. The molecule has 1 fully saturated rings. The molecule has 1 aromatic carbocycles. The number of β-amino-alcohol motifs (C(OH)–C–C–N with tert-alkyl or cyclic N) is 1. The quantitative estimate of drug-likeness (QED) is 0.251. The minimum absolute atomic E-state index is 0.0161. The highest BCUT2D eigenvalue weighted by atomic mass is 32.1. The minimum Gasteiger partial charge on any atom is -0.444 e. The van der Waals surface area contributed by atoms with Gasteiger partial charge in [0.05, 0.1) is 28.2 Å². The lowest BCUT2D eigenvalue weighted by Gasteiger charge is -2.35. The summed E-state index contributed by atoms with van der Waals surface area (Å²) in [5.74, 6) is -1.31. The zero-order valence-corrected chi connectivity index (χ0v) is 29.0. The van der Waals surface area contributed by atoms with Crippen LogP contribution < -0.4 is 16.0 Å². The Kier molecular flexibility index (Phi) is 12.7. The molecule has 0 radical (unpaired) electrons. The Morgan fingerprint density at radius 3 is 2.35 bits per heavy atom. The minimum atomic E-state index is -0.960. The van der Waals surface area contributed by atoms with Gasteiger partial charge < -0.3 is 35.4 Å². The Balaban J connectivity index is 1.55. The molecule has 0 spiro atoms. The van der Waals surface area contributed by atoms with Gasteiger partial charge >= 0.3 is 6.09 Å². The fourth-order valence-corrected chi connectivity index (χ4v) is 5.87. The first-order valence-electron chi connectivity index (χ1n) is 15.6. The van der Waals surface area contributed by atoms with Crippen molar-refractivity contribution in [3.63, 3.8) is 0 Å². The highest BCUT2D eigenvalue weighted by Gasteiger charge is 2.44. The lowest BCUT2D eigenvalue weighted by Crippen LogP contribution is -2.58. The average molecular weight is 660 g/mol. The highest BCUT2D eigenvalue weighted by molar-refractivity contribution is 7.13. The van der Waals surface area contributed by atoms with E-state index in [-0.39, 0.29) is 38.1 Å². The van der Waals surface area contributed by atoms with Crippen molar-refractivity contribution in [2.24, 2.45) is 5.41 Å². The molecule has 0 bridgehead atoms. The van der Waals surface area contributed by atoms with Gasteiger partial charge in [0.25, 0.3) is 0 Å². The topological polar surface area (TPSA) is 159 Å². The molecule has 0 aliphatic carbocycles. The molecule has 13 heteroatoms. The van der Waals surface area contributed by atoms with Gasteiger partial charge in [-0.3, -0.25) is 14.4 Å². The van der Waals surface area contributed by atoms with Crippen molar-refractivity contribution in [2.75, 3.05) is 26.3 Å². The molecule has 3 rings (SSSR count). The van der Waals surface area contributed by atoms with E-state index in [2.05, 4.69) is 20.9 Å². The van der Waals surface area contributed by atoms with Crippen molar-refractivity contribution < 1.29 is 33.8 Å². The number of rotatable bonds is 12. The third-order valence-corrected chi connectivity index (χ3v) is 8.40. The Morgan fingerprint density at radius 1 is 1.09 bits per heavy atom.